The van der Waals surface area contributed by atoms with E-state index >= 15 is 0 Å². The van der Waals surface area contributed by atoms with E-state index in [-0.39, 0.29) is 29.0 Å². The Morgan fingerprint density at radius 2 is 1.73 bits per heavy atom. The van der Waals surface area contributed by atoms with Crippen LogP contribution in [0.5, 0.6) is 0 Å². The molecule has 0 aliphatic carbocycles. The van der Waals surface area contributed by atoms with Gasteiger partial charge in [-0.25, -0.2) is 8.42 Å². The van der Waals surface area contributed by atoms with E-state index in [1.54, 1.807) is 31.2 Å². The standard InChI is InChI=1S/C30H31F3N4O3S/c1-2-41(39,40)26-13-9-22(10-14-26)27(15-16-34)36-29(38)24-7-5-23(6-8-24)28-19-35-17-18-37(28)20-21-3-11-25(12-4-21)30(31,32)33/h3-14,27-28,35H,2,15,17-20H2,1H3,(H,36,38)/t27?,28-/m1/s1. The minimum Gasteiger partial charge on any atom is -0.344 e. The zero-order valence-corrected chi connectivity index (χ0v) is 23.3. The van der Waals surface area contributed by atoms with Crippen molar-refractivity contribution < 1.29 is 26.4 Å². The van der Waals surface area contributed by atoms with Gasteiger partial charge in [-0.15, -0.1) is 0 Å². The number of piperazine rings is 1. The van der Waals surface area contributed by atoms with Crippen LogP contribution in [-0.4, -0.2) is 44.6 Å². The number of alkyl halides is 3. The molecule has 0 bridgehead atoms. The summed E-state index contributed by atoms with van der Waals surface area (Å²) in [5.41, 5.74) is 2.09. The third-order valence-electron chi connectivity index (χ3n) is 7.20. The number of sulfone groups is 1. The van der Waals surface area contributed by atoms with Gasteiger partial charge >= 0.3 is 6.18 Å². The maximum absolute atomic E-state index is 13.0. The Labute approximate surface area is 237 Å². The summed E-state index contributed by atoms with van der Waals surface area (Å²) in [5.74, 6) is -0.393. The van der Waals surface area contributed by atoms with Gasteiger partial charge in [0.15, 0.2) is 9.84 Å². The monoisotopic (exact) mass is 584 g/mol. The van der Waals surface area contributed by atoms with Gasteiger partial charge in [-0.2, -0.15) is 18.4 Å². The van der Waals surface area contributed by atoms with Crippen molar-refractivity contribution in [1.82, 2.24) is 15.5 Å². The predicted octanol–water partition coefficient (Wildman–Crippen LogP) is 5.03. The van der Waals surface area contributed by atoms with Gasteiger partial charge in [0.25, 0.3) is 5.91 Å². The Balaban J connectivity index is 1.44. The van der Waals surface area contributed by atoms with Crippen molar-refractivity contribution in [2.75, 3.05) is 25.4 Å². The van der Waals surface area contributed by atoms with Crippen molar-refractivity contribution in [1.29, 1.82) is 5.26 Å². The number of carbonyl (C=O) groups is 1. The topological polar surface area (TPSA) is 102 Å². The van der Waals surface area contributed by atoms with Crippen LogP contribution in [0.2, 0.25) is 0 Å². The number of nitriles is 1. The number of benzene rings is 3. The fraction of sp³-hybridized carbons (Fsp3) is 0.333. The number of hydrogen-bond acceptors (Lipinski definition) is 6. The summed E-state index contributed by atoms with van der Waals surface area (Å²) in [5, 5.41) is 15.5. The quantitative estimate of drug-likeness (QED) is 0.366. The lowest BCUT2D eigenvalue weighted by Crippen LogP contribution is -2.45. The van der Waals surface area contributed by atoms with Gasteiger partial charge in [0.2, 0.25) is 0 Å². The van der Waals surface area contributed by atoms with Crippen LogP contribution in [0.15, 0.2) is 77.7 Å². The minimum atomic E-state index is -4.37. The van der Waals surface area contributed by atoms with E-state index in [0.29, 0.717) is 30.8 Å². The molecule has 7 nitrogen and oxygen atoms in total. The number of nitrogens with zero attached hydrogens (tertiary/aromatic N) is 2. The van der Waals surface area contributed by atoms with Crippen molar-refractivity contribution in [2.24, 2.45) is 0 Å². The van der Waals surface area contributed by atoms with Crippen LogP contribution in [0, 0.1) is 11.3 Å². The van der Waals surface area contributed by atoms with Gasteiger partial charge in [-0.3, -0.25) is 9.69 Å². The summed E-state index contributed by atoms with van der Waals surface area (Å²) in [6, 6.07) is 19.9. The summed E-state index contributed by atoms with van der Waals surface area (Å²) in [6.45, 7) is 4.17. The molecule has 0 saturated carbocycles. The van der Waals surface area contributed by atoms with Crippen LogP contribution < -0.4 is 10.6 Å². The molecule has 1 aliphatic rings. The molecule has 3 aromatic rings. The molecule has 11 heteroatoms. The number of hydrogen-bond donors (Lipinski definition) is 2. The van der Waals surface area contributed by atoms with Crippen LogP contribution in [0.25, 0.3) is 0 Å². The van der Waals surface area contributed by atoms with Crippen molar-refractivity contribution in [3.63, 3.8) is 0 Å². The molecule has 1 unspecified atom stereocenters. The lowest BCUT2D eigenvalue weighted by molar-refractivity contribution is -0.137. The molecule has 1 amide bonds. The molecule has 216 valence electrons. The smallest absolute Gasteiger partial charge is 0.344 e. The first kappa shape index (κ1) is 30.2. The molecule has 1 aliphatic heterocycles. The average molecular weight is 585 g/mol. The van der Waals surface area contributed by atoms with E-state index in [9.17, 15) is 31.6 Å². The highest BCUT2D eigenvalue weighted by atomic mass is 32.2. The van der Waals surface area contributed by atoms with Gasteiger partial charge in [0.05, 0.1) is 34.7 Å². The molecule has 1 saturated heterocycles. The maximum atomic E-state index is 13.0. The highest BCUT2D eigenvalue weighted by Crippen LogP contribution is 2.30. The van der Waals surface area contributed by atoms with Crippen LogP contribution >= 0.6 is 0 Å². The largest absolute Gasteiger partial charge is 0.416 e. The SMILES string of the molecule is CCS(=O)(=O)c1ccc(C(CC#N)NC(=O)c2ccc([C@H]3CNCCN3Cc3ccc(C(F)(F)F)cc3)cc2)cc1. The molecule has 0 aromatic heterocycles. The Bertz CT molecular complexity index is 1480. The highest BCUT2D eigenvalue weighted by Gasteiger charge is 2.30. The second-order valence-electron chi connectivity index (χ2n) is 9.87. The molecule has 0 spiro atoms. The molecule has 41 heavy (non-hydrogen) atoms. The molecule has 1 fully saturated rings. The van der Waals surface area contributed by atoms with Crippen LogP contribution in [-0.2, 0) is 22.6 Å². The summed E-state index contributed by atoms with van der Waals surface area (Å²) in [6.07, 6.45) is -4.36. The zero-order valence-electron chi connectivity index (χ0n) is 22.5. The van der Waals surface area contributed by atoms with Crippen LogP contribution in [0.3, 0.4) is 0 Å². The van der Waals surface area contributed by atoms with Crippen LogP contribution in [0.1, 0.15) is 58.0 Å². The third-order valence-corrected chi connectivity index (χ3v) is 8.95. The lowest BCUT2D eigenvalue weighted by atomic mass is 9.99. The van der Waals surface area contributed by atoms with Crippen molar-refractivity contribution in [3.8, 4) is 6.07 Å². The van der Waals surface area contributed by atoms with Gasteiger partial charge in [-0.1, -0.05) is 43.3 Å². The molecule has 2 N–H and O–H groups in total. The van der Waals surface area contributed by atoms with Gasteiger partial charge in [0.1, 0.15) is 0 Å². The zero-order chi connectivity index (χ0) is 29.6. The molecular weight excluding hydrogens is 553 g/mol. The third kappa shape index (κ3) is 7.52. The fourth-order valence-electron chi connectivity index (χ4n) is 4.81. The fourth-order valence-corrected chi connectivity index (χ4v) is 5.70. The second kappa shape index (κ2) is 12.9. The number of nitrogens with one attached hydrogen (secondary N) is 2. The number of carbonyl (C=O) groups excluding carboxylic acids is 1. The second-order valence-corrected chi connectivity index (χ2v) is 12.1. The number of amides is 1. The molecule has 3 aromatic carbocycles. The van der Waals surface area contributed by atoms with E-state index in [0.717, 1.165) is 29.8 Å². The number of halogens is 3. The summed E-state index contributed by atoms with van der Waals surface area (Å²) in [4.78, 5) is 15.4. The minimum absolute atomic E-state index is 0.0103. The number of rotatable bonds is 9. The molecule has 4 rings (SSSR count). The highest BCUT2D eigenvalue weighted by molar-refractivity contribution is 7.91. The van der Waals surface area contributed by atoms with E-state index in [2.05, 4.69) is 21.6 Å². The first-order chi connectivity index (χ1) is 19.5. The van der Waals surface area contributed by atoms with Crippen molar-refractivity contribution in [3.05, 3.63) is 101 Å². The summed E-state index contributed by atoms with van der Waals surface area (Å²) in [7, 11) is -3.36. The summed E-state index contributed by atoms with van der Waals surface area (Å²) < 4.78 is 63.0. The molecule has 0 radical (unpaired) electrons. The first-order valence-electron chi connectivity index (χ1n) is 13.2. The Kier molecular flexibility index (Phi) is 9.48. The lowest BCUT2D eigenvalue weighted by Gasteiger charge is -2.36. The molecule has 2 atom stereocenters. The van der Waals surface area contributed by atoms with E-state index in [4.69, 9.17) is 0 Å². The van der Waals surface area contributed by atoms with Gasteiger partial charge in [-0.05, 0) is 53.1 Å². The van der Waals surface area contributed by atoms with Crippen molar-refractivity contribution >= 4 is 15.7 Å². The van der Waals surface area contributed by atoms with E-state index in [1.165, 1.54) is 24.3 Å². The normalized spacial score (nSPS) is 17.0. The van der Waals surface area contributed by atoms with Gasteiger partial charge < -0.3 is 10.6 Å². The Hall–Kier alpha value is -3.72. The molecule has 1 heterocycles. The van der Waals surface area contributed by atoms with Crippen molar-refractivity contribution in [2.45, 2.75) is 43.0 Å². The van der Waals surface area contributed by atoms with Crippen LogP contribution in [0.4, 0.5) is 13.2 Å². The first-order valence-corrected chi connectivity index (χ1v) is 14.9. The Morgan fingerprint density at radius 1 is 1.07 bits per heavy atom. The predicted molar refractivity (Wildman–Crippen MR) is 149 cm³/mol. The average Bonchev–Trinajstić information content (AvgIpc) is 2.97. The summed E-state index contributed by atoms with van der Waals surface area (Å²) >= 11 is 0. The van der Waals surface area contributed by atoms with E-state index in [1.807, 2.05) is 12.1 Å². The maximum Gasteiger partial charge on any atom is 0.416 e. The Morgan fingerprint density at radius 3 is 2.32 bits per heavy atom. The van der Waals surface area contributed by atoms with E-state index < -0.39 is 27.6 Å². The van der Waals surface area contributed by atoms with Gasteiger partial charge in [0, 0.05) is 37.8 Å². The molecular formula is C30H31F3N4O3S.